The molecule has 0 N–H and O–H groups in total. The molecule has 1 aromatic carbocycles. The van der Waals surface area contributed by atoms with E-state index in [2.05, 4.69) is 0 Å². The molecule has 0 aromatic heterocycles. The summed E-state index contributed by atoms with van der Waals surface area (Å²) in [5.74, 6) is -0.373. The Balaban J connectivity index is 1.99. The molecule has 1 aliphatic heterocycles. The Labute approximate surface area is 88.9 Å². The maximum Gasteiger partial charge on any atom is 0.165 e. The molecular weight excluding hydrogens is 188 g/mol. The second-order valence-electron chi connectivity index (χ2n) is 3.80. The lowest BCUT2D eigenvalue weighted by Gasteiger charge is -2.13. The van der Waals surface area contributed by atoms with E-state index in [1.165, 1.54) is 5.56 Å². The van der Waals surface area contributed by atoms with Crippen molar-refractivity contribution in [1.29, 1.82) is 5.26 Å². The summed E-state index contributed by atoms with van der Waals surface area (Å²) < 4.78 is 0. The minimum atomic E-state index is -0.422. The van der Waals surface area contributed by atoms with E-state index in [4.69, 9.17) is 5.26 Å². The first-order valence-electron chi connectivity index (χ1n) is 4.98. The average Bonchev–Trinajstić information content (AvgIpc) is 2.60. The molecular formula is C12H12N2O. The quantitative estimate of drug-likeness (QED) is 0.720. The molecule has 0 radical (unpaired) electrons. The summed E-state index contributed by atoms with van der Waals surface area (Å²) >= 11 is 0. The largest absolute Gasteiger partial charge is 0.297 e. The summed E-state index contributed by atoms with van der Waals surface area (Å²) in [5, 5.41) is 8.72. The van der Waals surface area contributed by atoms with Gasteiger partial charge >= 0.3 is 0 Å². The minimum absolute atomic E-state index is 0.0495. The van der Waals surface area contributed by atoms with Crippen molar-refractivity contribution in [2.24, 2.45) is 5.92 Å². The van der Waals surface area contributed by atoms with Crippen molar-refractivity contribution in [3.8, 4) is 6.07 Å². The van der Waals surface area contributed by atoms with Gasteiger partial charge in [-0.3, -0.25) is 9.69 Å². The van der Waals surface area contributed by atoms with Crippen LogP contribution in [0.4, 0.5) is 0 Å². The van der Waals surface area contributed by atoms with Gasteiger partial charge in [0.05, 0.1) is 12.6 Å². The van der Waals surface area contributed by atoms with Crippen LogP contribution in [0.5, 0.6) is 0 Å². The zero-order chi connectivity index (χ0) is 10.7. The van der Waals surface area contributed by atoms with Gasteiger partial charge < -0.3 is 0 Å². The number of Topliss-reactive ketones (excluding diaryl/α,β-unsaturated/α-hetero) is 1. The molecule has 1 atom stereocenters. The van der Waals surface area contributed by atoms with Crippen molar-refractivity contribution in [3.05, 3.63) is 35.9 Å². The second-order valence-corrected chi connectivity index (χ2v) is 3.80. The van der Waals surface area contributed by atoms with Crippen LogP contribution < -0.4 is 0 Å². The zero-order valence-corrected chi connectivity index (χ0v) is 8.39. The molecule has 15 heavy (non-hydrogen) atoms. The SMILES string of the molecule is N#C[C@@H]1CN(Cc2ccccc2)CC1=O. The van der Waals surface area contributed by atoms with Gasteiger partial charge in [-0.2, -0.15) is 5.26 Å². The van der Waals surface area contributed by atoms with Gasteiger partial charge in [0, 0.05) is 13.1 Å². The van der Waals surface area contributed by atoms with Crippen LogP contribution in [-0.4, -0.2) is 23.8 Å². The Hall–Kier alpha value is -1.66. The number of carbonyl (C=O) groups is 1. The fourth-order valence-corrected chi connectivity index (χ4v) is 1.83. The molecule has 0 aliphatic carbocycles. The molecule has 1 aliphatic rings. The molecule has 2 rings (SSSR count). The number of carbonyl (C=O) groups excluding carboxylic acids is 1. The Morgan fingerprint density at radius 2 is 2.13 bits per heavy atom. The number of hydrogen-bond acceptors (Lipinski definition) is 3. The van der Waals surface area contributed by atoms with Crippen LogP contribution in [0.2, 0.25) is 0 Å². The van der Waals surface area contributed by atoms with E-state index in [0.717, 1.165) is 6.54 Å². The Bertz CT molecular complexity index is 394. The molecule has 1 saturated heterocycles. The van der Waals surface area contributed by atoms with Gasteiger partial charge in [-0.15, -0.1) is 0 Å². The van der Waals surface area contributed by atoms with E-state index in [1.54, 1.807) is 0 Å². The smallest absolute Gasteiger partial charge is 0.165 e. The van der Waals surface area contributed by atoms with Crippen molar-refractivity contribution in [3.63, 3.8) is 0 Å². The lowest BCUT2D eigenvalue weighted by atomic mass is 10.1. The molecule has 0 spiro atoms. The Kier molecular flexibility index (Phi) is 2.79. The number of ketones is 1. The first-order valence-corrected chi connectivity index (χ1v) is 4.98. The highest BCUT2D eigenvalue weighted by molar-refractivity contribution is 5.87. The zero-order valence-electron chi connectivity index (χ0n) is 8.39. The number of hydrogen-bond donors (Lipinski definition) is 0. The fourth-order valence-electron chi connectivity index (χ4n) is 1.83. The lowest BCUT2D eigenvalue weighted by molar-refractivity contribution is -0.118. The van der Waals surface area contributed by atoms with E-state index < -0.39 is 5.92 Å². The van der Waals surface area contributed by atoms with Crippen LogP contribution >= 0.6 is 0 Å². The van der Waals surface area contributed by atoms with Crippen LogP contribution in [0, 0.1) is 17.2 Å². The third kappa shape index (κ3) is 2.23. The summed E-state index contributed by atoms with van der Waals surface area (Å²) in [4.78, 5) is 13.4. The molecule has 3 nitrogen and oxygen atoms in total. The van der Waals surface area contributed by atoms with Gasteiger partial charge in [0.25, 0.3) is 0 Å². The van der Waals surface area contributed by atoms with Crippen molar-refractivity contribution in [2.75, 3.05) is 13.1 Å². The normalized spacial score (nSPS) is 21.5. The number of benzene rings is 1. The van der Waals surface area contributed by atoms with Crippen molar-refractivity contribution < 1.29 is 4.79 Å². The fraction of sp³-hybridized carbons (Fsp3) is 0.333. The van der Waals surface area contributed by atoms with E-state index >= 15 is 0 Å². The van der Waals surface area contributed by atoms with Gasteiger partial charge in [-0.05, 0) is 5.56 Å². The Morgan fingerprint density at radius 1 is 1.40 bits per heavy atom. The molecule has 1 fully saturated rings. The first-order chi connectivity index (χ1) is 7.29. The average molecular weight is 200 g/mol. The van der Waals surface area contributed by atoms with Crippen molar-refractivity contribution in [1.82, 2.24) is 4.90 Å². The Morgan fingerprint density at radius 3 is 2.73 bits per heavy atom. The second kappa shape index (κ2) is 4.24. The molecule has 0 bridgehead atoms. The highest BCUT2D eigenvalue weighted by Crippen LogP contribution is 2.14. The van der Waals surface area contributed by atoms with Crippen LogP contribution in [0.3, 0.4) is 0 Å². The van der Waals surface area contributed by atoms with Crippen molar-refractivity contribution in [2.45, 2.75) is 6.54 Å². The number of nitrogens with zero attached hydrogens (tertiary/aromatic N) is 2. The summed E-state index contributed by atoms with van der Waals surface area (Å²) in [6, 6.07) is 12.0. The van der Waals surface area contributed by atoms with Crippen LogP contribution in [0.25, 0.3) is 0 Å². The van der Waals surface area contributed by atoms with Crippen LogP contribution in [-0.2, 0) is 11.3 Å². The molecule has 1 heterocycles. The maximum atomic E-state index is 11.3. The topological polar surface area (TPSA) is 44.1 Å². The predicted octanol–water partition coefficient (Wildman–Crippen LogP) is 1.21. The number of rotatable bonds is 2. The van der Waals surface area contributed by atoms with E-state index in [1.807, 2.05) is 41.3 Å². The molecule has 3 heteroatoms. The number of nitriles is 1. The van der Waals surface area contributed by atoms with Gasteiger partial charge in [-0.25, -0.2) is 0 Å². The highest BCUT2D eigenvalue weighted by atomic mass is 16.1. The maximum absolute atomic E-state index is 11.3. The molecule has 0 saturated carbocycles. The van der Waals surface area contributed by atoms with Gasteiger partial charge in [0.1, 0.15) is 5.92 Å². The lowest BCUT2D eigenvalue weighted by Crippen LogP contribution is -2.20. The summed E-state index contributed by atoms with van der Waals surface area (Å²) in [7, 11) is 0. The van der Waals surface area contributed by atoms with E-state index in [0.29, 0.717) is 13.1 Å². The molecule has 0 unspecified atom stereocenters. The van der Waals surface area contributed by atoms with Crippen LogP contribution in [0.1, 0.15) is 5.56 Å². The number of likely N-dealkylation sites (tertiary alicyclic amines) is 1. The predicted molar refractivity (Wildman–Crippen MR) is 55.8 cm³/mol. The van der Waals surface area contributed by atoms with Gasteiger partial charge in [0.15, 0.2) is 5.78 Å². The van der Waals surface area contributed by atoms with E-state index in [-0.39, 0.29) is 5.78 Å². The molecule has 76 valence electrons. The van der Waals surface area contributed by atoms with E-state index in [9.17, 15) is 4.79 Å². The molecule has 1 aromatic rings. The summed E-state index contributed by atoms with van der Waals surface area (Å²) in [5.41, 5.74) is 1.18. The standard InChI is InChI=1S/C12H12N2O/c13-6-11-8-14(9-12(11)15)7-10-4-2-1-3-5-10/h1-5,11H,7-9H2/t11-/m1/s1. The van der Waals surface area contributed by atoms with Gasteiger partial charge in [0.2, 0.25) is 0 Å². The first kappa shape index (κ1) is 9.88. The summed E-state index contributed by atoms with van der Waals surface area (Å²) in [6.07, 6.45) is 0. The van der Waals surface area contributed by atoms with Crippen LogP contribution in [0.15, 0.2) is 30.3 Å². The minimum Gasteiger partial charge on any atom is -0.297 e. The third-order valence-corrected chi connectivity index (χ3v) is 2.61. The van der Waals surface area contributed by atoms with Crippen molar-refractivity contribution >= 4 is 5.78 Å². The summed E-state index contributed by atoms with van der Waals surface area (Å²) in [6.45, 7) is 1.74. The monoisotopic (exact) mass is 200 g/mol. The molecule has 0 amide bonds. The third-order valence-electron chi connectivity index (χ3n) is 2.61. The van der Waals surface area contributed by atoms with Gasteiger partial charge in [-0.1, -0.05) is 30.3 Å². The highest BCUT2D eigenvalue weighted by Gasteiger charge is 2.30.